The van der Waals surface area contributed by atoms with E-state index < -0.39 is 29.7 Å². The van der Waals surface area contributed by atoms with Gasteiger partial charge in [-0.05, 0) is 31.0 Å². The van der Waals surface area contributed by atoms with Crippen molar-refractivity contribution < 1.29 is 18.5 Å². The Hall–Kier alpha value is -2.86. The lowest BCUT2D eigenvalue weighted by molar-refractivity contribution is -0.144. The predicted molar refractivity (Wildman–Crippen MR) is 126 cm³/mol. The summed E-state index contributed by atoms with van der Waals surface area (Å²) in [5.41, 5.74) is -0.317. The summed E-state index contributed by atoms with van der Waals surface area (Å²) in [4.78, 5) is 54.4. The van der Waals surface area contributed by atoms with E-state index >= 15 is 0 Å². The first-order chi connectivity index (χ1) is 15.8. The third-order valence-electron chi connectivity index (χ3n) is 4.68. The number of carbonyl (C=O) groups excluding carboxylic acids is 2. The quantitative estimate of drug-likeness (QED) is 0.301. The molecule has 2 heterocycles. The molecular formula is C21H23BrN4O6S. The van der Waals surface area contributed by atoms with Gasteiger partial charge in [0.25, 0.3) is 5.56 Å². The van der Waals surface area contributed by atoms with Crippen LogP contribution in [0.1, 0.15) is 32.3 Å². The highest BCUT2D eigenvalue weighted by atomic mass is 79.9. The van der Waals surface area contributed by atoms with Crippen LogP contribution in [0.25, 0.3) is 11.2 Å². The molecule has 2 aromatic heterocycles. The van der Waals surface area contributed by atoms with Gasteiger partial charge in [-0.15, -0.1) is 0 Å². The van der Waals surface area contributed by atoms with Crippen molar-refractivity contribution in [3.05, 3.63) is 55.1 Å². The molecule has 0 aliphatic rings. The highest BCUT2D eigenvalue weighted by molar-refractivity contribution is 9.10. The minimum atomic E-state index is -0.702. The van der Waals surface area contributed by atoms with Crippen molar-refractivity contribution >= 4 is 51.1 Å². The normalized spacial score (nSPS) is 11.0. The summed E-state index contributed by atoms with van der Waals surface area (Å²) >= 11 is 4.16. The van der Waals surface area contributed by atoms with Crippen molar-refractivity contribution in [2.24, 2.45) is 7.05 Å². The molecule has 0 saturated heterocycles. The predicted octanol–water partition coefficient (Wildman–Crippen LogP) is 2.62. The zero-order valence-electron chi connectivity index (χ0n) is 18.4. The Balaban J connectivity index is 2.18. The van der Waals surface area contributed by atoms with Crippen molar-refractivity contribution in [1.29, 1.82) is 0 Å². The van der Waals surface area contributed by atoms with Gasteiger partial charge in [0.2, 0.25) is 5.16 Å². The van der Waals surface area contributed by atoms with Crippen LogP contribution in [0.15, 0.2) is 43.5 Å². The number of aryl methyl sites for hydroxylation is 1. The molecule has 0 fully saturated rings. The van der Waals surface area contributed by atoms with Crippen LogP contribution < -0.4 is 11.2 Å². The van der Waals surface area contributed by atoms with Gasteiger partial charge in [0.05, 0.1) is 13.2 Å². The van der Waals surface area contributed by atoms with Gasteiger partial charge in [-0.3, -0.25) is 19.0 Å². The molecule has 0 saturated carbocycles. The fraction of sp³-hybridized carbons (Fsp3) is 0.381. The number of rotatable bonds is 9. The molecule has 3 rings (SSSR count). The van der Waals surface area contributed by atoms with E-state index in [9.17, 15) is 19.2 Å². The lowest BCUT2D eigenvalue weighted by Gasteiger charge is -2.11. The number of nitrogens with zero attached hydrogens (tertiary/aromatic N) is 4. The third kappa shape index (κ3) is 5.56. The molecule has 0 spiro atoms. The first kappa shape index (κ1) is 24.8. The maximum absolute atomic E-state index is 13.3. The topological polar surface area (TPSA) is 114 Å². The van der Waals surface area contributed by atoms with Crippen LogP contribution >= 0.6 is 28.0 Å². The van der Waals surface area contributed by atoms with Gasteiger partial charge < -0.3 is 13.5 Å². The number of imidazole rings is 1. The first-order valence-electron chi connectivity index (χ1n) is 10.2. The van der Waals surface area contributed by atoms with Crippen LogP contribution in [-0.4, -0.2) is 37.2 Å². The van der Waals surface area contributed by atoms with Crippen molar-refractivity contribution in [3.8, 4) is 0 Å². The van der Waals surface area contributed by atoms with Crippen LogP contribution in [0.4, 0.5) is 0 Å². The molecule has 0 aliphatic heterocycles. The van der Waals surface area contributed by atoms with Crippen LogP contribution in [0.5, 0.6) is 0 Å². The molecule has 0 aliphatic carbocycles. The summed E-state index contributed by atoms with van der Waals surface area (Å²) < 4.78 is 14.6. The highest BCUT2D eigenvalue weighted by Gasteiger charge is 2.23. The minimum Gasteiger partial charge on any atom is -0.465 e. The fourth-order valence-corrected chi connectivity index (χ4v) is 4.25. The summed E-state index contributed by atoms with van der Waals surface area (Å²) in [6, 6.07) is 7.46. The summed E-state index contributed by atoms with van der Waals surface area (Å²) in [7, 11) is 1.46. The van der Waals surface area contributed by atoms with Gasteiger partial charge in [-0.25, -0.2) is 14.3 Å². The molecule has 176 valence electrons. The summed E-state index contributed by atoms with van der Waals surface area (Å²) in [6.07, 6.45) is 0.866. The van der Waals surface area contributed by atoms with E-state index in [4.69, 9.17) is 8.92 Å². The molecule has 0 amide bonds. The van der Waals surface area contributed by atoms with Crippen LogP contribution in [0.2, 0.25) is 0 Å². The van der Waals surface area contributed by atoms with Crippen molar-refractivity contribution in [3.63, 3.8) is 0 Å². The Morgan fingerprint density at radius 3 is 2.58 bits per heavy atom. The number of aromatic nitrogens is 4. The molecule has 10 nitrogen and oxygen atoms in total. The number of hydrogen-bond donors (Lipinski definition) is 0. The second-order valence-corrected chi connectivity index (χ2v) is 8.72. The Bertz CT molecular complexity index is 1310. The summed E-state index contributed by atoms with van der Waals surface area (Å²) in [5, 5.41) is 0.232. The summed E-state index contributed by atoms with van der Waals surface area (Å²) in [5.74, 6) is -1.12. The van der Waals surface area contributed by atoms with Gasteiger partial charge >= 0.3 is 17.6 Å². The maximum Gasteiger partial charge on any atom is 0.333 e. The molecule has 3 aromatic rings. The largest absolute Gasteiger partial charge is 0.465 e. The van der Waals surface area contributed by atoms with Gasteiger partial charge in [0.15, 0.2) is 11.2 Å². The monoisotopic (exact) mass is 538 g/mol. The van der Waals surface area contributed by atoms with Gasteiger partial charge in [0.1, 0.15) is 18.6 Å². The number of fused-ring (bicyclic) bond motifs is 1. The first-order valence-corrected chi connectivity index (χ1v) is 11.8. The molecule has 12 heteroatoms. The Kier molecular flexibility index (Phi) is 8.14. The van der Waals surface area contributed by atoms with E-state index in [1.807, 2.05) is 31.2 Å². The minimum absolute atomic E-state index is 0.107. The molecular weight excluding hydrogens is 516 g/mol. The van der Waals surface area contributed by atoms with Gasteiger partial charge in [-0.2, -0.15) is 0 Å². The van der Waals surface area contributed by atoms with Crippen molar-refractivity contribution in [1.82, 2.24) is 18.7 Å². The molecule has 0 N–H and O–H groups in total. The van der Waals surface area contributed by atoms with E-state index in [1.165, 1.54) is 11.6 Å². The number of esters is 1. The Morgan fingerprint density at radius 1 is 1.15 bits per heavy atom. The molecule has 0 atom stereocenters. The van der Waals surface area contributed by atoms with Gasteiger partial charge in [-0.1, -0.05) is 35.0 Å². The number of benzene rings is 1. The lowest BCUT2D eigenvalue weighted by Crippen LogP contribution is -2.41. The standard InChI is InChI=1S/C21H23BrN4O6S/c1-4-7-15(27)32-33-20-23-18-17(25(20)11-13-8-6-9-14(22)10-13)19(29)26(21(30)24(18)3)12-16(28)31-5-2/h6,8-10H,4-5,7,11-12H2,1-3H3. The summed E-state index contributed by atoms with van der Waals surface area (Å²) in [6.45, 7) is 3.32. The van der Waals surface area contributed by atoms with E-state index in [0.717, 1.165) is 26.6 Å². The van der Waals surface area contributed by atoms with Crippen LogP contribution in [0, 0.1) is 0 Å². The van der Waals surface area contributed by atoms with E-state index in [-0.39, 0.29) is 35.9 Å². The zero-order chi connectivity index (χ0) is 24.1. The van der Waals surface area contributed by atoms with Crippen LogP contribution in [0.3, 0.4) is 0 Å². The second kappa shape index (κ2) is 10.8. The molecule has 0 radical (unpaired) electrons. The third-order valence-corrected chi connectivity index (χ3v) is 5.91. The Morgan fingerprint density at radius 2 is 1.91 bits per heavy atom. The molecule has 0 bridgehead atoms. The highest BCUT2D eigenvalue weighted by Crippen LogP contribution is 2.25. The number of halogens is 1. The number of carbonyl (C=O) groups is 2. The molecule has 0 unspecified atom stereocenters. The molecule has 1 aromatic carbocycles. The van der Waals surface area contributed by atoms with E-state index in [2.05, 4.69) is 20.9 Å². The van der Waals surface area contributed by atoms with Crippen molar-refractivity contribution in [2.75, 3.05) is 6.61 Å². The van der Waals surface area contributed by atoms with Gasteiger partial charge in [0, 0.05) is 17.9 Å². The average molecular weight is 539 g/mol. The maximum atomic E-state index is 13.3. The van der Waals surface area contributed by atoms with Crippen LogP contribution in [-0.2, 0) is 38.6 Å². The molecule has 33 heavy (non-hydrogen) atoms. The van der Waals surface area contributed by atoms with E-state index in [1.54, 1.807) is 11.5 Å². The smallest absolute Gasteiger partial charge is 0.333 e. The number of hydrogen-bond acceptors (Lipinski definition) is 8. The lowest BCUT2D eigenvalue weighted by atomic mass is 10.2. The number of ether oxygens (including phenoxy) is 1. The van der Waals surface area contributed by atoms with Crippen molar-refractivity contribution in [2.45, 2.75) is 44.9 Å². The SMILES string of the molecule is CCCC(=O)OSc1nc2c(c(=O)n(CC(=O)OCC)c(=O)n2C)n1Cc1cccc(Br)c1. The average Bonchev–Trinajstić information content (AvgIpc) is 3.12. The Labute approximate surface area is 201 Å². The second-order valence-electron chi connectivity index (χ2n) is 7.11. The fourth-order valence-electron chi connectivity index (χ4n) is 3.18. The van der Waals surface area contributed by atoms with E-state index in [0.29, 0.717) is 6.42 Å². The zero-order valence-corrected chi connectivity index (χ0v) is 20.8.